The van der Waals surface area contributed by atoms with E-state index in [1.165, 1.54) is 4.57 Å². The van der Waals surface area contributed by atoms with E-state index < -0.39 is 17.3 Å². The van der Waals surface area contributed by atoms with Gasteiger partial charge in [0.1, 0.15) is 0 Å². The van der Waals surface area contributed by atoms with Gasteiger partial charge in [0, 0.05) is 18.0 Å². The molecule has 0 aliphatic heterocycles. The number of halogens is 3. The van der Waals surface area contributed by atoms with Crippen molar-refractivity contribution in [3.63, 3.8) is 0 Å². The van der Waals surface area contributed by atoms with E-state index in [9.17, 15) is 18.0 Å². The third-order valence-electron chi connectivity index (χ3n) is 3.76. The number of nitrogens with zero attached hydrogens (tertiary/aromatic N) is 1. The zero-order chi connectivity index (χ0) is 16.3. The highest BCUT2D eigenvalue weighted by Crippen LogP contribution is 2.34. The number of fused-ring (bicyclic) bond motifs is 1. The molecule has 1 heterocycles. The first-order valence-electron chi connectivity index (χ1n) is 7.62. The van der Waals surface area contributed by atoms with Gasteiger partial charge < -0.3 is 4.57 Å². The first-order chi connectivity index (χ1) is 10.4. The highest BCUT2D eigenvalue weighted by atomic mass is 19.4. The third-order valence-corrected chi connectivity index (χ3v) is 3.76. The molecule has 0 atom stereocenters. The Kier molecular flexibility index (Phi) is 4.94. The minimum atomic E-state index is -4.52. The van der Waals surface area contributed by atoms with Gasteiger partial charge in [-0.25, -0.2) is 0 Å². The number of unbranched alkanes of at least 4 members (excludes halogenated alkanes) is 1. The molecule has 2 aromatic rings. The molecule has 2 rings (SSSR count). The molecule has 0 aliphatic rings. The van der Waals surface area contributed by atoms with Crippen molar-refractivity contribution in [1.82, 2.24) is 4.57 Å². The van der Waals surface area contributed by atoms with Gasteiger partial charge in [0.2, 0.25) is 0 Å². The van der Waals surface area contributed by atoms with Crippen LogP contribution in [0.5, 0.6) is 0 Å². The van der Waals surface area contributed by atoms with Crippen LogP contribution >= 0.6 is 0 Å². The second kappa shape index (κ2) is 6.55. The van der Waals surface area contributed by atoms with E-state index in [0.717, 1.165) is 37.3 Å². The van der Waals surface area contributed by atoms with E-state index in [2.05, 4.69) is 0 Å². The average Bonchev–Trinajstić information content (AvgIpc) is 2.45. The van der Waals surface area contributed by atoms with Crippen LogP contribution in [0.25, 0.3) is 10.9 Å². The topological polar surface area (TPSA) is 22.0 Å². The average molecular weight is 311 g/mol. The second-order valence-corrected chi connectivity index (χ2v) is 5.50. The molecule has 0 radical (unpaired) electrons. The Morgan fingerprint density at radius 3 is 2.41 bits per heavy atom. The molecule has 0 fully saturated rings. The molecule has 0 bridgehead atoms. The number of hydrogen-bond acceptors (Lipinski definition) is 1. The van der Waals surface area contributed by atoms with Crippen molar-refractivity contribution in [2.75, 3.05) is 0 Å². The second-order valence-electron chi connectivity index (χ2n) is 5.50. The van der Waals surface area contributed by atoms with Gasteiger partial charge in [0.25, 0.3) is 5.56 Å². The number of rotatable bonds is 5. The van der Waals surface area contributed by atoms with Crippen molar-refractivity contribution < 1.29 is 13.2 Å². The van der Waals surface area contributed by atoms with Gasteiger partial charge in [0.15, 0.2) is 0 Å². The number of pyridine rings is 1. The Hall–Kier alpha value is -1.78. The zero-order valence-corrected chi connectivity index (χ0v) is 12.8. The lowest BCUT2D eigenvalue weighted by Crippen LogP contribution is -2.23. The van der Waals surface area contributed by atoms with Crippen LogP contribution in [-0.4, -0.2) is 4.57 Å². The minimum absolute atomic E-state index is 0.120. The predicted molar refractivity (Wildman–Crippen MR) is 82.1 cm³/mol. The van der Waals surface area contributed by atoms with Gasteiger partial charge in [-0.2, -0.15) is 13.2 Å². The van der Waals surface area contributed by atoms with Crippen LogP contribution < -0.4 is 5.56 Å². The van der Waals surface area contributed by atoms with E-state index in [-0.39, 0.29) is 5.39 Å². The summed E-state index contributed by atoms with van der Waals surface area (Å²) in [5.41, 5.74) is -0.191. The number of aryl methyl sites for hydroxylation is 2. The lowest BCUT2D eigenvalue weighted by atomic mass is 10.0. The quantitative estimate of drug-likeness (QED) is 0.779. The molecule has 5 heteroatoms. The molecule has 22 heavy (non-hydrogen) atoms. The predicted octanol–water partition coefficient (Wildman–Crippen LogP) is 4.77. The van der Waals surface area contributed by atoms with E-state index in [1.54, 1.807) is 12.1 Å². The molecule has 0 saturated carbocycles. The van der Waals surface area contributed by atoms with Crippen LogP contribution in [-0.2, 0) is 19.1 Å². The van der Waals surface area contributed by atoms with Gasteiger partial charge in [-0.3, -0.25) is 4.79 Å². The highest BCUT2D eigenvalue weighted by Gasteiger charge is 2.33. The number of alkyl halides is 3. The summed E-state index contributed by atoms with van der Waals surface area (Å²) < 4.78 is 41.2. The Labute approximate surface area is 127 Å². The van der Waals surface area contributed by atoms with Gasteiger partial charge >= 0.3 is 6.18 Å². The lowest BCUT2D eigenvalue weighted by Gasteiger charge is -2.16. The maximum absolute atomic E-state index is 13.3. The molecule has 0 N–H and O–H groups in total. The largest absolute Gasteiger partial charge is 0.417 e. The van der Waals surface area contributed by atoms with Crippen LogP contribution in [0.4, 0.5) is 13.2 Å². The minimum Gasteiger partial charge on any atom is -0.308 e. The first kappa shape index (κ1) is 16.6. The van der Waals surface area contributed by atoms with Crippen molar-refractivity contribution in [3.8, 4) is 0 Å². The van der Waals surface area contributed by atoms with Crippen molar-refractivity contribution in [3.05, 3.63) is 45.7 Å². The van der Waals surface area contributed by atoms with Gasteiger partial charge in [0.05, 0.1) is 11.1 Å². The van der Waals surface area contributed by atoms with Crippen LogP contribution in [0.2, 0.25) is 0 Å². The summed E-state index contributed by atoms with van der Waals surface area (Å²) in [6.45, 7) is 4.41. The van der Waals surface area contributed by atoms with Crippen LogP contribution in [0.3, 0.4) is 0 Å². The fourth-order valence-corrected chi connectivity index (χ4v) is 2.66. The molecule has 2 nitrogen and oxygen atoms in total. The Morgan fingerprint density at radius 1 is 1.09 bits per heavy atom. The smallest absolute Gasteiger partial charge is 0.308 e. The molecule has 1 aromatic heterocycles. The van der Waals surface area contributed by atoms with E-state index in [4.69, 9.17) is 0 Å². The fourth-order valence-electron chi connectivity index (χ4n) is 2.66. The SMILES string of the molecule is CCCCn1c(=O)cc(C(F)(F)F)c2cc(CCC)ccc21. The van der Waals surface area contributed by atoms with Crippen LogP contribution in [0.1, 0.15) is 44.2 Å². The first-order valence-corrected chi connectivity index (χ1v) is 7.62. The fraction of sp³-hybridized carbons (Fsp3) is 0.471. The Morgan fingerprint density at radius 2 is 1.82 bits per heavy atom. The summed E-state index contributed by atoms with van der Waals surface area (Å²) in [6, 6.07) is 5.76. The zero-order valence-electron chi connectivity index (χ0n) is 12.8. The van der Waals surface area contributed by atoms with Crippen molar-refractivity contribution in [2.24, 2.45) is 0 Å². The van der Waals surface area contributed by atoms with Crippen molar-refractivity contribution >= 4 is 10.9 Å². The van der Waals surface area contributed by atoms with Gasteiger partial charge in [-0.15, -0.1) is 0 Å². The van der Waals surface area contributed by atoms with Crippen LogP contribution in [0, 0.1) is 0 Å². The molecule has 0 saturated heterocycles. The monoisotopic (exact) mass is 311 g/mol. The summed E-state index contributed by atoms with van der Waals surface area (Å²) >= 11 is 0. The summed E-state index contributed by atoms with van der Waals surface area (Å²) in [5.74, 6) is 0. The maximum Gasteiger partial charge on any atom is 0.417 e. The summed E-state index contributed by atoms with van der Waals surface area (Å²) in [6.07, 6.45) is -1.30. The van der Waals surface area contributed by atoms with E-state index in [1.807, 2.05) is 19.9 Å². The maximum atomic E-state index is 13.3. The van der Waals surface area contributed by atoms with E-state index >= 15 is 0 Å². The van der Waals surface area contributed by atoms with Crippen molar-refractivity contribution in [2.45, 2.75) is 52.3 Å². The van der Waals surface area contributed by atoms with Crippen LogP contribution in [0.15, 0.2) is 29.1 Å². The standard InChI is InChI=1S/C17H20F3NO/c1-3-5-9-21-15-8-7-12(6-4-2)10-13(15)14(11-16(21)22)17(18,19)20/h7-8,10-11H,3-6,9H2,1-2H3. The summed E-state index contributed by atoms with van der Waals surface area (Å²) in [7, 11) is 0. The van der Waals surface area contributed by atoms with Gasteiger partial charge in [-0.05, 0) is 30.5 Å². The molecule has 0 amide bonds. The highest BCUT2D eigenvalue weighted by molar-refractivity contribution is 5.84. The molecule has 1 aromatic carbocycles. The van der Waals surface area contributed by atoms with Gasteiger partial charge in [-0.1, -0.05) is 32.8 Å². The molecule has 120 valence electrons. The molecule has 0 spiro atoms. The summed E-state index contributed by atoms with van der Waals surface area (Å²) in [4.78, 5) is 12.1. The Balaban J connectivity index is 2.74. The molecule has 0 aliphatic carbocycles. The third kappa shape index (κ3) is 3.34. The van der Waals surface area contributed by atoms with Crippen molar-refractivity contribution in [1.29, 1.82) is 0 Å². The Bertz CT molecular complexity index is 716. The number of benzene rings is 1. The van der Waals surface area contributed by atoms with E-state index in [0.29, 0.717) is 12.1 Å². The molecule has 0 unspecified atom stereocenters. The summed E-state index contributed by atoms with van der Waals surface area (Å²) in [5, 5.41) is 0.120. The lowest BCUT2D eigenvalue weighted by molar-refractivity contribution is -0.136. The number of hydrogen-bond donors (Lipinski definition) is 0. The normalized spacial score (nSPS) is 12.0. The molecular weight excluding hydrogens is 291 g/mol. The number of aromatic nitrogens is 1. The molecular formula is C17H20F3NO.